The van der Waals surface area contributed by atoms with E-state index in [4.69, 9.17) is 16.0 Å². The van der Waals surface area contributed by atoms with E-state index in [1.54, 1.807) is 37.3 Å². The fourth-order valence-corrected chi connectivity index (χ4v) is 2.03. The molecule has 0 spiro atoms. The Hall–Kier alpha value is -2.27. The van der Waals surface area contributed by atoms with E-state index < -0.39 is 17.3 Å². The van der Waals surface area contributed by atoms with Crippen LogP contribution in [0.1, 0.15) is 23.0 Å². The van der Waals surface area contributed by atoms with Crippen LogP contribution < -0.4 is 5.32 Å². The number of carbonyl (C=O) groups is 2. The van der Waals surface area contributed by atoms with Crippen LogP contribution in [-0.2, 0) is 10.2 Å². The molecule has 0 saturated carbocycles. The molecule has 0 saturated heterocycles. The Kier molecular flexibility index (Phi) is 4.33. The number of hydrogen-bond donors (Lipinski definition) is 2. The van der Waals surface area contributed by atoms with Gasteiger partial charge in [-0.1, -0.05) is 30.3 Å². The van der Waals surface area contributed by atoms with Crippen LogP contribution in [0.4, 0.5) is 0 Å². The van der Waals surface area contributed by atoms with Gasteiger partial charge in [0.25, 0.3) is 5.91 Å². The first-order valence-corrected chi connectivity index (χ1v) is 6.64. The molecule has 21 heavy (non-hydrogen) atoms. The summed E-state index contributed by atoms with van der Waals surface area (Å²) in [4.78, 5) is 23.5. The number of benzene rings is 1. The van der Waals surface area contributed by atoms with Crippen molar-refractivity contribution in [2.45, 2.75) is 12.3 Å². The summed E-state index contributed by atoms with van der Waals surface area (Å²) in [6.07, 6.45) is 0. The highest BCUT2D eigenvalue weighted by Crippen LogP contribution is 2.23. The third-order valence-electron chi connectivity index (χ3n) is 3.28. The van der Waals surface area contributed by atoms with Crippen LogP contribution in [0, 0.1) is 0 Å². The molecule has 2 aromatic rings. The van der Waals surface area contributed by atoms with Crippen molar-refractivity contribution in [1.29, 1.82) is 0 Å². The highest BCUT2D eigenvalue weighted by molar-refractivity contribution is 6.29. The minimum atomic E-state index is -1.23. The van der Waals surface area contributed by atoms with Gasteiger partial charge in [0.2, 0.25) is 0 Å². The monoisotopic (exact) mass is 307 g/mol. The van der Waals surface area contributed by atoms with Crippen molar-refractivity contribution in [2.24, 2.45) is 0 Å². The molecule has 5 nitrogen and oxygen atoms in total. The summed E-state index contributed by atoms with van der Waals surface area (Å²) in [5.74, 6) is -1.49. The zero-order chi connectivity index (χ0) is 15.5. The fourth-order valence-electron chi connectivity index (χ4n) is 1.89. The summed E-state index contributed by atoms with van der Waals surface area (Å²) in [5, 5.41) is 12.1. The number of carbonyl (C=O) groups excluding carboxylic acids is 1. The number of furan rings is 1. The summed E-state index contributed by atoms with van der Waals surface area (Å²) in [7, 11) is 0. The molecular weight excluding hydrogens is 294 g/mol. The van der Waals surface area contributed by atoms with Crippen molar-refractivity contribution in [3.63, 3.8) is 0 Å². The molecule has 0 bridgehead atoms. The smallest absolute Gasteiger partial charge is 0.315 e. The third-order valence-corrected chi connectivity index (χ3v) is 3.49. The van der Waals surface area contributed by atoms with E-state index in [0.29, 0.717) is 5.56 Å². The van der Waals surface area contributed by atoms with Crippen molar-refractivity contribution < 1.29 is 19.1 Å². The lowest BCUT2D eigenvalue weighted by molar-refractivity contribution is -0.142. The van der Waals surface area contributed by atoms with Crippen molar-refractivity contribution in [1.82, 2.24) is 5.32 Å². The molecule has 1 heterocycles. The van der Waals surface area contributed by atoms with Crippen LogP contribution >= 0.6 is 11.6 Å². The quantitative estimate of drug-likeness (QED) is 0.890. The van der Waals surface area contributed by atoms with E-state index in [1.807, 2.05) is 0 Å². The molecule has 0 fully saturated rings. The zero-order valence-electron chi connectivity index (χ0n) is 11.3. The van der Waals surface area contributed by atoms with Crippen LogP contribution in [0.3, 0.4) is 0 Å². The Balaban J connectivity index is 2.14. The minimum absolute atomic E-state index is 0.0424. The third kappa shape index (κ3) is 3.25. The second-order valence-electron chi connectivity index (χ2n) is 4.79. The Morgan fingerprint density at radius 3 is 2.43 bits per heavy atom. The summed E-state index contributed by atoms with van der Waals surface area (Å²) in [6.45, 7) is 1.49. The van der Waals surface area contributed by atoms with E-state index in [0.717, 1.165) is 0 Å². The molecule has 1 aromatic heterocycles. The molecule has 0 aliphatic heterocycles. The molecular formula is C15H14ClNO4. The first-order chi connectivity index (χ1) is 9.93. The number of amides is 1. The summed E-state index contributed by atoms with van der Waals surface area (Å²) < 4.78 is 4.98. The highest BCUT2D eigenvalue weighted by atomic mass is 35.5. The number of carboxylic acid groups (broad SMARTS) is 1. The van der Waals surface area contributed by atoms with Crippen molar-refractivity contribution in [2.75, 3.05) is 6.54 Å². The van der Waals surface area contributed by atoms with Crippen LogP contribution in [0.15, 0.2) is 46.9 Å². The Morgan fingerprint density at radius 1 is 1.24 bits per heavy atom. The number of nitrogens with one attached hydrogen (secondary N) is 1. The van der Waals surface area contributed by atoms with Gasteiger partial charge in [-0.3, -0.25) is 9.59 Å². The maximum Gasteiger partial charge on any atom is 0.315 e. The second kappa shape index (κ2) is 6.01. The lowest BCUT2D eigenvalue weighted by Gasteiger charge is -2.25. The average Bonchev–Trinajstić information content (AvgIpc) is 2.91. The number of halogens is 1. The second-order valence-corrected chi connectivity index (χ2v) is 5.16. The first-order valence-electron chi connectivity index (χ1n) is 6.26. The normalized spacial score (nSPS) is 13.4. The van der Waals surface area contributed by atoms with Gasteiger partial charge in [0.05, 0.1) is 0 Å². The van der Waals surface area contributed by atoms with Gasteiger partial charge in [-0.2, -0.15) is 0 Å². The van der Waals surface area contributed by atoms with Gasteiger partial charge in [-0.15, -0.1) is 0 Å². The maximum absolute atomic E-state index is 11.9. The van der Waals surface area contributed by atoms with Gasteiger partial charge in [-0.25, -0.2) is 0 Å². The van der Waals surface area contributed by atoms with E-state index in [-0.39, 0.29) is 17.5 Å². The van der Waals surface area contributed by atoms with Crippen LogP contribution in [0.25, 0.3) is 0 Å². The summed E-state index contributed by atoms with van der Waals surface area (Å²) >= 11 is 5.60. The topological polar surface area (TPSA) is 79.5 Å². The van der Waals surface area contributed by atoms with Gasteiger partial charge in [0.1, 0.15) is 5.41 Å². The van der Waals surface area contributed by atoms with Gasteiger partial charge in [0.15, 0.2) is 11.0 Å². The lowest BCUT2D eigenvalue weighted by Crippen LogP contribution is -2.44. The van der Waals surface area contributed by atoms with Crippen LogP contribution in [0.5, 0.6) is 0 Å². The summed E-state index contributed by atoms with van der Waals surface area (Å²) in [6, 6.07) is 11.6. The van der Waals surface area contributed by atoms with Gasteiger partial charge in [-0.05, 0) is 36.2 Å². The predicted molar refractivity (Wildman–Crippen MR) is 77.5 cm³/mol. The first kappa shape index (κ1) is 15.1. The lowest BCUT2D eigenvalue weighted by atomic mass is 9.82. The molecule has 0 aliphatic carbocycles. The molecule has 2 N–H and O–H groups in total. The molecule has 1 atom stereocenters. The van der Waals surface area contributed by atoms with E-state index in [9.17, 15) is 14.7 Å². The summed E-state index contributed by atoms with van der Waals surface area (Å²) in [5.41, 5.74) is -0.622. The zero-order valence-corrected chi connectivity index (χ0v) is 12.1. The SMILES string of the molecule is CC(CNC(=O)c1ccc(Cl)o1)(C(=O)O)c1ccccc1. The van der Waals surface area contributed by atoms with E-state index in [1.165, 1.54) is 12.1 Å². The van der Waals surface area contributed by atoms with Crippen molar-refractivity contribution >= 4 is 23.5 Å². The molecule has 1 aromatic carbocycles. The van der Waals surface area contributed by atoms with E-state index >= 15 is 0 Å². The molecule has 2 rings (SSSR count). The minimum Gasteiger partial charge on any atom is -0.481 e. The number of carboxylic acids is 1. The molecule has 1 unspecified atom stereocenters. The van der Waals surface area contributed by atoms with Crippen LogP contribution in [-0.4, -0.2) is 23.5 Å². The van der Waals surface area contributed by atoms with E-state index in [2.05, 4.69) is 5.32 Å². The maximum atomic E-state index is 11.9. The number of rotatable bonds is 5. The van der Waals surface area contributed by atoms with Gasteiger partial charge >= 0.3 is 5.97 Å². The largest absolute Gasteiger partial charge is 0.481 e. The van der Waals surface area contributed by atoms with Gasteiger partial charge < -0.3 is 14.8 Å². The number of aliphatic carboxylic acids is 1. The Morgan fingerprint density at radius 2 is 1.90 bits per heavy atom. The molecule has 110 valence electrons. The fraction of sp³-hybridized carbons (Fsp3) is 0.200. The molecule has 1 amide bonds. The van der Waals surface area contributed by atoms with Crippen molar-refractivity contribution in [3.05, 3.63) is 59.0 Å². The molecule has 0 radical (unpaired) electrons. The Labute approximate surface area is 126 Å². The average molecular weight is 308 g/mol. The molecule has 0 aliphatic rings. The van der Waals surface area contributed by atoms with Crippen LogP contribution in [0.2, 0.25) is 5.22 Å². The predicted octanol–water partition coefficient (Wildman–Crippen LogP) is 2.71. The molecule has 6 heteroatoms. The standard InChI is InChI=1S/C15H14ClNO4/c1-15(14(19)20,10-5-3-2-4-6-10)9-17-13(18)11-7-8-12(16)21-11/h2-8H,9H2,1H3,(H,17,18)(H,19,20). The highest BCUT2D eigenvalue weighted by Gasteiger charge is 2.35. The number of hydrogen-bond acceptors (Lipinski definition) is 3. The van der Waals surface area contributed by atoms with Gasteiger partial charge in [0, 0.05) is 6.54 Å². The Bertz CT molecular complexity index is 653. The van der Waals surface area contributed by atoms with Crippen molar-refractivity contribution in [3.8, 4) is 0 Å².